The van der Waals surface area contributed by atoms with Gasteiger partial charge in [-0.15, -0.1) is 0 Å². The number of nitrogens with zero attached hydrogens (tertiary/aromatic N) is 3. The normalized spacial score (nSPS) is 13.3. The Bertz CT molecular complexity index is 2390. The third-order valence-corrected chi connectivity index (χ3v) is 10.2. The highest BCUT2D eigenvalue weighted by molar-refractivity contribution is 6.37. The number of fused-ring (bicyclic) bond motifs is 7. The minimum atomic E-state index is -0.297. The molecule has 5 nitrogen and oxygen atoms in total. The van der Waals surface area contributed by atoms with Crippen molar-refractivity contribution in [2.45, 2.75) is 39.5 Å². The molecular weight excluding hydrogens is 603 g/mol. The number of para-hydroxylation sites is 5. The van der Waals surface area contributed by atoms with Crippen molar-refractivity contribution in [1.82, 2.24) is 9.13 Å². The van der Waals surface area contributed by atoms with Gasteiger partial charge in [0.25, 0.3) is 11.8 Å². The zero-order valence-electron chi connectivity index (χ0n) is 27.9. The number of carbonyl (C=O) groups excluding carboxylic acids is 2. The maximum absolute atomic E-state index is 15.3. The Balaban J connectivity index is 1.42. The Hall–Kier alpha value is -5.94. The number of aromatic nitrogens is 2. The van der Waals surface area contributed by atoms with E-state index in [1.54, 1.807) is 0 Å². The summed E-state index contributed by atoms with van der Waals surface area (Å²) >= 11 is 0. The van der Waals surface area contributed by atoms with Gasteiger partial charge in [0.1, 0.15) is 0 Å². The van der Waals surface area contributed by atoms with Crippen LogP contribution in [-0.4, -0.2) is 20.9 Å². The molecule has 0 unspecified atom stereocenters. The van der Waals surface area contributed by atoms with Gasteiger partial charge < -0.3 is 9.13 Å². The first-order valence-electron chi connectivity index (χ1n) is 17.0. The summed E-state index contributed by atoms with van der Waals surface area (Å²) in [6, 6.07) is 43.3. The van der Waals surface area contributed by atoms with Gasteiger partial charge in [-0.25, -0.2) is 4.90 Å². The smallest absolute Gasteiger partial charge is 0.268 e. The van der Waals surface area contributed by atoms with Crippen molar-refractivity contribution < 1.29 is 9.59 Å². The Labute approximate surface area is 284 Å². The van der Waals surface area contributed by atoms with Crippen LogP contribution in [0.15, 0.2) is 127 Å². The molecule has 1 aliphatic heterocycles. The average Bonchev–Trinajstić information content (AvgIpc) is 3.73. The number of imide groups is 1. The molecule has 3 heterocycles. The lowest BCUT2D eigenvalue weighted by molar-refractivity contribution is 0.0925. The number of carbonyl (C=O) groups is 2. The van der Waals surface area contributed by atoms with Crippen LogP contribution in [0, 0.1) is 0 Å². The largest absolute Gasteiger partial charge is 0.308 e. The lowest BCUT2D eigenvalue weighted by Gasteiger charge is -2.25. The summed E-state index contributed by atoms with van der Waals surface area (Å²) in [6.07, 6.45) is 0. The summed E-state index contributed by atoms with van der Waals surface area (Å²) in [5, 5.41) is 4.39. The molecular formula is C44H35N3O2. The highest BCUT2D eigenvalue weighted by Gasteiger charge is 2.44. The molecule has 6 aromatic carbocycles. The Morgan fingerprint density at radius 1 is 0.408 bits per heavy atom. The number of amides is 2. The maximum Gasteiger partial charge on any atom is 0.268 e. The van der Waals surface area contributed by atoms with Crippen LogP contribution in [0.5, 0.6) is 0 Å². The van der Waals surface area contributed by atoms with Crippen LogP contribution in [0.2, 0.25) is 0 Å². The van der Waals surface area contributed by atoms with Crippen LogP contribution >= 0.6 is 0 Å². The van der Waals surface area contributed by atoms with Crippen molar-refractivity contribution in [3.8, 4) is 11.4 Å². The van der Waals surface area contributed by atoms with Gasteiger partial charge in [0.05, 0.1) is 50.3 Å². The molecule has 2 aromatic heterocycles. The van der Waals surface area contributed by atoms with E-state index in [4.69, 9.17) is 0 Å². The highest BCUT2D eigenvalue weighted by Crippen LogP contribution is 2.45. The lowest BCUT2D eigenvalue weighted by Crippen LogP contribution is -2.32. The zero-order chi connectivity index (χ0) is 33.6. The monoisotopic (exact) mass is 637 g/mol. The molecule has 2 amide bonds. The molecule has 8 aromatic rings. The molecule has 1 aliphatic rings. The van der Waals surface area contributed by atoms with Gasteiger partial charge in [0.15, 0.2) is 0 Å². The van der Waals surface area contributed by atoms with E-state index in [9.17, 15) is 0 Å². The van der Waals surface area contributed by atoms with Crippen LogP contribution in [0.4, 0.5) is 5.69 Å². The van der Waals surface area contributed by atoms with Crippen molar-refractivity contribution >= 4 is 61.1 Å². The van der Waals surface area contributed by atoms with Crippen molar-refractivity contribution in [1.29, 1.82) is 0 Å². The lowest BCUT2D eigenvalue weighted by atomic mass is 9.92. The van der Waals surface area contributed by atoms with Crippen molar-refractivity contribution in [2.75, 3.05) is 4.90 Å². The topological polar surface area (TPSA) is 47.2 Å². The second-order valence-corrected chi connectivity index (χ2v) is 13.6. The quantitative estimate of drug-likeness (QED) is 0.176. The molecule has 0 atom stereocenters. The van der Waals surface area contributed by atoms with E-state index >= 15 is 9.59 Å². The number of rotatable bonds is 5. The standard InChI is InChI=1S/C44H35N3O2/c1-26(2)28-18-13-19-29(27(3)4)42(28)47-43(48)40-38(45-34-20-9-5-14-30(34)31-15-6-10-21-35(31)45)24-25-39(41(40)44(47)49)46-36-22-11-7-16-32(36)33-17-8-12-23-37(33)46/h5-27H,1-4H3. The third-order valence-electron chi connectivity index (χ3n) is 10.2. The fourth-order valence-electron chi connectivity index (χ4n) is 8.04. The van der Waals surface area contributed by atoms with Crippen LogP contribution < -0.4 is 4.90 Å². The fourth-order valence-corrected chi connectivity index (χ4v) is 8.04. The number of anilines is 1. The van der Waals surface area contributed by atoms with E-state index < -0.39 is 0 Å². The molecule has 0 radical (unpaired) electrons. The van der Waals surface area contributed by atoms with Crippen LogP contribution in [0.3, 0.4) is 0 Å². The molecule has 0 aliphatic carbocycles. The molecule has 238 valence electrons. The number of benzene rings is 6. The zero-order valence-corrected chi connectivity index (χ0v) is 27.9. The Kier molecular flexibility index (Phi) is 6.44. The third kappa shape index (κ3) is 4.05. The van der Waals surface area contributed by atoms with Gasteiger partial charge in [-0.1, -0.05) is 119 Å². The molecule has 0 fully saturated rings. The van der Waals surface area contributed by atoms with E-state index in [2.05, 4.69) is 97.5 Å². The first-order chi connectivity index (χ1) is 23.9. The second-order valence-electron chi connectivity index (χ2n) is 13.6. The summed E-state index contributed by atoms with van der Waals surface area (Å²) in [7, 11) is 0. The van der Waals surface area contributed by atoms with Crippen LogP contribution in [0.1, 0.15) is 71.4 Å². The van der Waals surface area contributed by atoms with Gasteiger partial charge in [-0.2, -0.15) is 0 Å². The van der Waals surface area contributed by atoms with Crippen molar-refractivity contribution in [2.24, 2.45) is 0 Å². The molecule has 0 saturated carbocycles. The minimum absolute atomic E-state index is 0.103. The Morgan fingerprint density at radius 2 is 0.735 bits per heavy atom. The summed E-state index contributed by atoms with van der Waals surface area (Å²) in [6.45, 7) is 8.48. The molecule has 49 heavy (non-hydrogen) atoms. The van der Waals surface area contributed by atoms with Gasteiger partial charge in [0, 0.05) is 21.5 Å². The van der Waals surface area contributed by atoms with Crippen molar-refractivity contribution in [3.05, 3.63) is 150 Å². The predicted molar refractivity (Wildman–Crippen MR) is 201 cm³/mol. The molecule has 0 N–H and O–H groups in total. The van der Waals surface area contributed by atoms with Crippen molar-refractivity contribution in [3.63, 3.8) is 0 Å². The molecule has 0 spiro atoms. The average molecular weight is 638 g/mol. The summed E-state index contributed by atoms with van der Waals surface area (Å²) < 4.78 is 4.32. The summed E-state index contributed by atoms with van der Waals surface area (Å²) in [4.78, 5) is 32.0. The summed E-state index contributed by atoms with van der Waals surface area (Å²) in [5.74, 6) is -0.387. The van der Waals surface area contributed by atoms with Gasteiger partial charge >= 0.3 is 0 Å². The minimum Gasteiger partial charge on any atom is -0.308 e. The van der Waals surface area contributed by atoms with E-state index in [1.165, 1.54) is 4.90 Å². The highest BCUT2D eigenvalue weighted by atomic mass is 16.2. The predicted octanol–water partition coefficient (Wildman–Crippen LogP) is 10.9. The van der Waals surface area contributed by atoms with Gasteiger partial charge in [-0.3, -0.25) is 9.59 Å². The van der Waals surface area contributed by atoms with E-state index in [0.717, 1.165) is 54.7 Å². The first kappa shape index (κ1) is 29.2. The van der Waals surface area contributed by atoms with Gasteiger partial charge in [-0.05, 0) is 59.4 Å². The van der Waals surface area contributed by atoms with Crippen LogP contribution in [0.25, 0.3) is 55.0 Å². The molecule has 0 saturated heterocycles. The van der Waals surface area contributed by atoms with Crippen LogP contribution in [-0.2, 0) is 0 Å². The Morgan fingerprint density at radius 3 is 1.06 bits per heavy atom. The number of hydrogen-bond acceptors (Lipinski definition) is 2. The first-order valence-corrected chi connectivity index (χ1v) is 17.0. The van der Waals surface area contributed by atoms with E-state index in [1.807, 2.05) is 66.7 Å². The van der Waals surface area contributed by atoms with E-state index in [-0.39, 0.29) is 23.7 Å². The molecule has 5 heteroatoms. The number of hydrogen-bond donors (Lipinski definition) is 0. The maximum atomic E-state index is 15.3. The summed E-state index contributed by atoms with van der Waals surface area (Å²) in [5.41, 5.74) is 8.86. The molecule has 9 rings (SSSR count). The fraction of sp³-hybridized carbons (Fsp3) is 0.136. The molecule has 0 bridgehead atoms. The SMILES string of the molecule is CC(C)c1cccc(C(C)C)c1N1C(=O)c2c(-n3c4ccccc4c4ccccc43)ccc(-n3c4ccccc4c4ccccc43)c2C1=O. The van der Waals surface area contributed by atoms with Gasteiger partial charge in [0.2, 0.25) is 0 Å². The second kappa shape index (κ2) is 10.8. The van der Waals surface area contributed by atoms with E-state index in [0.29, 0.717) is 28.2 Å².